The van der Waals surface area contributed by atoms with E-state index >= 15 is 0 Å². The van der Waals surface area contributed by atoms with Crippen molar-refractivity contribution in [3.63, 3.8) is 0 Å². The van der Waals surface area contributed by atoms with E-state index in [0.717, 1.165) is 13.1 Å². The van der Waals surface area contributed by atoms with E-state index in [2.05, 4.69) is 39.4 Å². The first-order chi connectivity index (χ1) is 13.6. The molecule has 0 bridgehead atoms. The summed E-state index contributed by atoms with van der Waals surface area (Å²) >= 11 is 0. The van der Waals surface area contributed by atoms with Gasteiger partial charge in [-0.2, -0.15) is 0 Å². The summed E-state index contributed by atoms with van der Waals surface area (Å²) in [6, 6.07) is 14.1. The Morgan fingerprint density at radius 1 is 1.07 bits per heavy atom. The molecule has 2 aromatic carbocycles. The van der Waals surface area contributed by atoms with Gasteiger partial charge in [-0.25, -0.2) is 0 Å². The number of nitrogens with zero attached hydrogens (tertiary/aromatic N) is 2. The van der Waals surface area contributed by atoms with Crippen LogP contribution in [-0.4, -0.2) is 51.3 Å². The normalized spacial score (nSPS) is 16.8. The Morgan fingerprint density at radius 3 is 2.50 bits per heavy atom. The van der Waals surface area contributed by atoms with Crippen LogP contribution in [0.4, 0.5) is 5.69 Å². The van der Waals surface area contributed by atoms with Gasteiger partial charge < -0.3 is 19.7 Å². The van der Waals surface area contributed by atoms with E-state index in [-0.39, 0.29) is 18.7 Å². The molecule has 2 aliphatic heterocycles. The summed E-state index contributed by atoms with van der Waals surface area (Å²) in [5, 5.41) is 3.12. The summed E-state index contributed by atoms with van der Waals surface area (Å²) in [5.74, 6) is 1.22. The van der Waals surface area contributed by atoms with Crippen LogP contribution in [0, 0.1) is 0 Å². The smallest absolute Gasteiger partial charge is 0.251 e. The second kappa shape index (κ2) is 8.10. The molecule has 1 saturated heterocycles. The van der Waals surface area contributed by atoms with Gasteiger partial charge >= 0.3 is 0 Å². The van der Waals surface area contributed by atoms with E-state index in [1.807, 2.05) is 14.1 Å². The van der Waals surface area contributed by atoms with Crippen LogP contribution < -0.4 is 19.7 Å². The van der Waals surface area contributed by atoms with Crippen molar-refractivity contribution in [2.24, 2.45) is 0 Å². The Kier molecular flexibility index (Phi) is 5.39. The second-order valence-electron chi connectivity index (χ2n) is 7.52. The van der Waals surface area contributed by atoms with E-state index in [1.54, 1.807) is 18.2 Å². The van der Waals surface area contributed by atoms with Crippen molar-refractivity contribution < 1.29 is 14.3 Å². The molecule has 6 heteroatoms. The second-order valence-corrected chi connectivity index (χ2v) is 7.52. The van der Waals surface area contributed by atoms with Crippen LogP contribution in [0.5, 0.6) is 11.5 Å². The molecular weight excluding hydrogens is 354 g/mol. The zero-order chi connectivity index (χ0) is 19.5. The summed E-state index contributed by atoms with van der Waals surface area (Å²) in [5.41, 5.74) is 3.00. The monoisotopic (exact) mass is 381 g/mol. The van der Waals surface area contributed by atoms with Crippen LogP contribution in [0.15, 0.2) is 42.5 Å². The topological polar surface area (TPSA) is 54.0 Å². The number of hydrogen-bond acceptors (Lipinski definition) is 5. The van der Waals surface area contributed by atoms with Crippen molar-refractivity contribution in [1.29, 1.82) is 0 Å². The summed E-state index contributed by atoms with van der Waals surface area (Å²) in [7, 11) is 4.08. The number of carbonyl (C=O) groups is 1. The van der Waals surface area contributed by atoms with Gasteiger partial charge in [-0.3, -0.25) is 9.69 Å². The molecule has 0 aliphatic carbocycles. The lowest BCUT2D eigenvalue weighted by molar-refractivity contribution is 0.0937. The van der Waals surface area contributed by atoms with Crippen LogP contribution in [0.1, 0.15) is 34.8 Å². The third-order valence-corrected chi connectivity index (χ3v) is 5.47. The highest BCUT2D eigenvalue weighted by atomic mass is 16.7. The molecule has 2 aromatic rings. The first kappa shape index (κ1) is 18.6. The minimum atomic E-state index is -0.0904. The van der Waals surface area contributed by atoms with E-state index in [9.17, 15) is 4.79 Å². The Hall–Kier alpha value is -2.73. The maximum absolute atomic E-state index is 12.7. The molecule has 1 fully saturated rings. The molecular formula is C22H27N3O3. The third-order valence-electron chi connectivity index (χ3n) is 5.47. The average Bonchev–Trinajstić information content (AvgIpc) is 3.39. The molecule has 0 radical (unpaired) electrons. The number of rotatable bonds is 6. The van der Waals surface area contributed by atoms with Crippen LogP contribution >= 0.6 is 0 Å². The number of anilines is 1. The molecule has 1 atom stereocenters. The average molecular weight is 381 g/mol. The van der Waals surface area contributed by atoms with Gasteiger partial charge in [0.1, 0.15) is 0 Å². The summed E-state index contributed by atoms with van der Waals surface area (Å²) in [4.78, 5) is 17.3. The van der Waals surface area contributed by atoms with Gasteiger partial charge in [0.2, 0.25) is 6.79 Å². The summed E-state index contributed by atoms with van der Waals surface area (Å²) in [6.45, 7) is 2.93. The fourth-order valence-electron chi connectivity index (χ4n) is 3.83. The number of amides is 1. The Labute approximate surface area is 166 Å². The number of likely N-dealkylation sites (tertiary alicyclic amines) is 1. The molecule has 4 rings (SSSR count). The molecule has 2 aliphatic rings. The number of fused-ring (bicyclic) bond motifs is 1. The van der Waals surface area contributed by atoms with Crippen molar-refractivity contribution in [3.05, 3.63) is 53.6 Å². The number of benzene rings is 2. The Balaban J connectivity index is 1.47. The zero-order valence-electron chi connectivity index (χ0n) is 16.5. The van der Waals surface area contributed by atoms with Crippen molar-refractivity contribution in [2.45, 2.75) is 18.9 Å². The Bertz CT molecular complexity index is 829. The van der Waals surface area contributed by atoms with Gasteiger partial charge in [-0.1, -0.05) is 12.1 Å². The van der Waals surface area contributed by atoms with Crippen molar-refractivity contribution >= 4 is 11.6 Å². The van der Waals surface area contributed by atoms with Gasteiger partial charge in [0.25, 0.3) is 5.91 Å². The van der Waals surface area contributed by atoms with Gasteiger partial charge in [0.15, 0.2) is 11.5 Å². The minimum absolute atomic E-state index is 0.0904. The SMILES string of the molecule is CN(C)c1ccc([C@@H](CNC(=O)c2ccc3c(c2)OCO3)N2CCCC2)cc1. The number of carbonyl (C=O) groups excluding carboxylic acids is 1. The lowest BCUT2D eigenvalue weighted by atomic mass is 10.0. The minimum Gasteiger partial charge on any atom is -0.454 e. The first-order valence-corrected chi connectivity index (χ1v) is 9.81. The molecule has 6 nitrogen and oxygen atoms in total. The highest BCUT2D eigenvalue weighted by Crippen LogP contribution is 2.32. The van der Waals surface area contributed by atoms with Crippen LogP contribution in [0.2, 0.25) is 0 Å². The van der Waals surface area contributed by atoms with E-state index in [4.69, 9.17) is 9.47 Å². The quantitative estimate of drug-likeness (QED) is 0.834. The molecule has 0 aromatic heterocycles. The maximum Gasteiger partial charge on any atom is 0.251 e. The molecule has 0 unspecified atom stereocenters. The van der Waals surface area contributed by atoms with Gasteiger partial charge in [-0.05, 0) is 61.8 Å². The molecule has 2 heterocycles. The summed E-state index contributed by atoms with van der Waals surface area (Å²) in [6.07, 6.45) is 2.42. The molecule has 148 valence electrons. The van der Waals surface area contributed by atoms with Gasteiger partial charge in [0.05, 0.1) is 6.04 Å². The molecule has 0 saturated carbocycles. The zero-order valence-corrected chi connectivity index (χ0v) is 16.5. The lowest BCUT2D eigenvalue weighted by Crippen LogP contribution is -2.36. The van der Waals surface area contributed by atoms with Crippen LogP contribution in [0.25, 0.3) is 0 Å². The van der Waals surface area contributed by atoms with E-state index in [1.165, 1.54) is 24.1 Å². The largest absolute Gasteiger partial charge is 0.454 e. The molecule has 28 heavy (non-hydrogen) atoms. The highest BCUT2D eigenvalue weighted by molar-refractivity contribution is 5.95. The predicted molar refractivity (Wildman–Crippen MR) is 109 cm³/mol. The fourth-order valence-corrected chi connectivity index (χ4v) is 3.83. The van der Waals surface area contributed by atoms with Crippen molar-refractivity contribution in [1.82, 2.24) is 10.2 Å². The lowest BCUT2D eigenvalue weighted by Gasteiger charge is -2.28. The maximum atomic E-state index is 12.7. The molecule has 0 spiro atoms. The van der Waals surface area contributed by atoms with E-state index < -0.39 is 0 Å². The molecule has 1 N–H and O–H groups in total. The number of nitrogens with one attached hydrogen (secondary N) is 1. The van der Waals surface area contributed by atoms with Gasteiger partial charge in [0, 0.05) is 31.9 Å². The number of ether oxygens (including phenoxy) is 2. The highest BCUT2D eigenvalue weighted by Gasteiger charge is 2.24. The third kappa shape index (κ3) is 3.92. The van der Waals surface area contributed by atoms with Crippen LogP contribution in [-0.2, 0) is 0 Å². The molecule has 1 amide bonds. The van der Waals surface area contributed by atoms with Crippen molar-refractivity contribution in [3.8, 4) is 11.5 Å². The standard InChI is InChI=1S/C22H27N3O3/c1-24(2)18-8-5-16(6-9-18)19(25-11-3-4-12-25)14-23-22(26)17-7-10-20-21(13-17)28-15-27-20/h5-10,13,19H,3-4,11-12,14-15H2,1-2H3,(H,23,26)/t19-/m1/s1. The summed E-state index contributed by atoms with van der Waals surface area (Å²) < 4.78 is 10.7. The van der Waals surface area contributed by atoms with Crippen molar-refractivity contribution in [2.75, 3.05) is 45.4 Å². The van der Waals surface area contributed by atoms with Gasteiger partial charge in [-0.15, -0.1) is 0 Å². The fraction of sp³-hybridized carbons (Fsp3) is 0.409. The Morgan fingerprint density at radius 2 is 1.79 bits per heavy atom. The first-order valence-electron chi connectivity index (χ1n) is 9.81. The predicted octanol–water partition coefficient (Wildman–Crippen LogP) is 3.05. The van der Waals surface area contributed by atoms with E-state index in [0.29, 0.717) is 23.6 Å². The van der Waals surface area contributed by atoms with Crippen LogP contribution in [0.3, 0.4) is 0 Å². The number of hydrogen-bond donors (Lipinski definition) is 1.